The van der Waals surface area contributed by atoms with Gasteiger partial charge in [-0.25, -0.2) is 0 Å². The fourth-order valence-corrected chi connectivity index (χ4v) is 7.61. The average Bonchev–Trinajstić information content (AvgIpc) is 3.76. The van der Waals surface area contributed by atoms with Crippen molar-refractivity contribution in [3.8, 4) is 11.5 Å². The summed E-state index contributed by atoms with van der Waals surface area (Å²) in [7, 11) is 0. The van der Waals surface area contributed by atoms with Gasteiger partial charge in [0.15, 0.2) is 34.6 Å². The van der Waals surface area contributed by atoms with E-state index in [4.69, 9.17) is 15.2 Å². The second kappa shape index (κ2) is 12.2. The lowest BCUT2D eigenvalue weighted by Gasteiger charge is -2.45. The van der Waals surface area contributed by atoms with E-state index in [0.29, 0.717) is 24.1 Å². The van der Waals surface area contributed by atoms with E-state index >= 15 is 0 Å². The Balaban J connectivity index is 1.23. The molecule has 5 aliphatic rings. The van der Waals surface area contributed by atoms with Crippen LogP contribution in [0.5, 0.6) is 11.5 Å². The van der Waals surface area contributed by atoms with Crippen LogP contribution >= 0.6 is 0 Å². The minimum Gasteiger partial charge on any atom is -0.504 e. The molecular formula is C36H33N5O10. The lowest BCUT2D eigenvalue weighted by Crippen LogP contribution is -2.65. The van der Waals surface area contributed by atoms with E-state index in [9.17, 15) is 39.9 Å². The quantitative estimate of drug-likeness (QED) is 0.164. The van der Waals surface area contributed by atoms with E-state index in [0.717, 1.165) is 0 Å². The number of nitrogens with zero attached hydrogens (tertiary/aromatic N) is 4. The van der Waals surface area contributed by atoms with Gasteiger partial charge in [-0.3, -0.25) is 19.4 Å². The number of amides is 1. The van der Waals surface area contributed by atoms with Crippen LogP contribution < -0.4 is 15.4 Å². The number of nitrogens with two attached hydrogens (primary N) is 1. The zero-order chi connectivity index (χ0) is 35.8. The monoisotopic (exact) mass is 695 g/mol. The van der Waals surface area contributed by atoms with E-state index in [2.05, 4.69) is 15.0 Å². The van der Waals surface area contributed by atoms with Crippen LogP contribution in [0.1, 0.15) is 68.7 Å². The molecule has 3 heterocycles. The normalized spacial score (nSPS) is 26.6. The van der Waals surface area contributed by atoms with Crippen molar-refractivity contribution in [1.82, 2.24) is 0 Å². The van der Waals surface area contributed by atoms with Gasteiger partial charge in [0.25, 0.3) is 0 Å². The first kappa shape index (κ1) is 32.9. The summed E-state index contributed by atoms with van der Waals surface area (Å²) in [4.78, 5) is 54.0. The first-order chi connectivity index (χ1) is 24.5. The first-order valence-electron chi connectivity index (χ1n) is 16.5. The lowest BCUT2D eigenvalue weighted by atomic mass is 9.81. The number of aliphatic hydroxyl groups excluding tert-OH is 3. The average molecular weight is 696 g/mol. The van der Waals surface area contributed by atoms with Crippen molar-refractivity contribution in [2.75, 3.05) is 11.6 Å². The number of phenolic OH excluding ortho intramolecular Hbond substituents is 1. The van der Waals surface area contributed by atoms with Gasteiger partial charge in [0, 0.05) is 34.4 Å². The van der Waals surface area contributed by atoms with Crippen LogP contribution in [0.25, 0.3) is 0 Å². The molecule has 3 aromatic rings. The molecule has 2 aliphatic carbocycles. The topological polar surface area (TPSA) is 237 Å². The van der Waals surface area contributed by atoms with E-state index in [1.54, 1.807) is 41.3 Å². The van der Waals surface area contributed by atoms with E-state index < -0.39 is 59.5 Å². The third-order valence-corrected chi connectivity index (χ3v) is 10.2. The molecule has 7 N–H and O–H groups in total. The van der Waals surface area contributed by atoms with Crippen LogP contribution in [0.4, 0.5) is 5.69 Å². The molecule has 2 fully saturated rings. The van der Waals surface area contributed by atoms with Gasteiger partial charge < -0.3 is 45.6 Å². The standard InChI is InChI=1S/C36H33N5O10/c37-35-39-32-23(33(48)40-35)38-15-41(32)21-10-4-1-7-16(21)13-17-14-20-22(25(43)19-9-3-2-8-18(19)24(20)42)26(44)30(17)50-34-29(47)27(45)28(46)31(51-34)36(49)11-5-6-12-36/h1-4,7-10,14,27-29,31,34,44-47,49H,5-6,11-13,15H2,(H2,37,40,48)/t27-,28-,29+,31-,34+/m1/s1. The summed E-state index contributed by atoms with van der Waals surface area (Å²) in [5.74, 6) is -2.81. The highest BCUT2D eigenvalue weighted by Crippen LogP contribution is 2.45. The molecular weight excluding hydrogens is 662 g/mol. The number of anilines is 1. The molecule has 15 nitrogen and oxygen atoms in total. The largest absolute Gasteiger partial charge is 0.504 e. The van der Waals surface area contributed by atoms with Crippen molar-refractivity contribution in [3.05, 3.63) is 88.0 Å². The zero-order valence-corrected chi connectivity index (χ0v) is 27.0. The molecule has 51 heavy (non-hydrogen) atoms. The Morgan fingerprint density at radius 2 is 1.57 bits per heavy atom. The smallest absolute Gasteiger partial charge is 0.302 e. The number of hydrogen-bond acceptors (Lipinski definition) is 14. The number of para-hydroxylation sites is 1. The van der Waals surface area contributed by atoms with Crippen molar-refractivity contribution >= 4 is 40.7 Å². The Morgan fingerprint density at radius 3 is 2.31 bits per heavy atom. The molecule has 0 radical (unpaired) electrons. The van der Waals surface area contributed by atoms with Crippen LogP contribution in [0.3, 0.4) is 0 Å². The predicted octanol–water partition coefficient (Wildman–Crippen LogP) is 0.722. The van der Waals surface area contributed by atoms with Gasteiger partial charge >= 0.3 is 5.91 Å². The summed E-state index contributed by atoms with van der Waals surface area (Å²) in [6.07, 6.45) is -6.53. The first-order valence-corrected chi connectivity index (χ1v) is 16.5. The van der Waals surface area contributed by atoms with Crippen LogP contribution in [-0.2, 0) is 16.0 Å². The third-order valence-electron chi connectivity index (χ3n) is 10.2. The van der Waals surface area contributed by atoms with Crippen molar-refractivity contribution in [3.63, 3.8) is 0 Å². The summed E-state index contributed by atoms with van der Waals surface area (Å²) < 4.78 is 12.1. The molecule has 8 rings (SSSR count). The Kier molecular flexibility index (Phi) is 7.84. The zero-order valence-electron chi connectivity index (χ0n) is 27.0. The highest BCUT2D eigenvalue weighted by atomic mass is 16.7. The van der Waals surface area contributed by atoms with Crippen molar-refractivity contribution in [2.45, 2.75) is 68.4 Å². The van der Waals surface area contributed by atoms with Gasteiger partial charge in [-0.15, -0.1) is 0 Å². The molecule has 1 saturated carbocycles. The Morgan fingerprint density at radius 1 is 0.882 bits per heavy atom. The number of aromatic hydroxyl groups is 1. The number of phenols is 1. The predicted molar refractivity (Wildman–Crippen MR) is 180 cm³/mol. The van der Waals surface area contributed by atoms with Gasteiger partial charge in [-0.2, -0.15) is 9.98 Å². The maximum atomic E-state index is 13.8. The molecule has 1 amide bonds. The number of rotatable bonds is 6. The molecule has 0 spiro atoms. The number of aliphatic imine (C=N–C) groups is 3. The SMILES string of the molecule is NC1=NC(=O)C2=NCN(c3ccccc3Cc3cc4c(c(O)c3O[C@H]3O[C@@H](C5(O)CCCC5)[C@H](O)[C@@H](O)[C@@H]3O)C(=O)c3ccccc3C4=O)C2=N1. The molecule has 0 unspecified atom stereocenters. The second-order valence-corrected chi connectivity index (χ2v) is 13.3. The Bertz CT molecular complexity index is 2110. The van der Waals surface area contributed by atoms with Gasteiger partial charge in [0.2, 0.25) is 12.2 Å². The van der Waals surface area contributed by atoms with Gasteiger partial charge in [-0.1, -0.05) is 55.3 Å². The number of aliphatic hydroxyl groups is 4. The van der Waals surface area contributed by atoms with E-state index in [1.807, 2.05) is 0 Å². The minimum absolute atomic E-state index is 0.0227. The number of ketones is 2. The molecule has 262 valence electrons. The molecule has 5 atom stereocenters. The van der Waals surface area contributed by atoms with Crippen molar-refractivity contribution < 1.29 is 49.4 Å². The van der Waals surface area contributed by atoms with Crippen LogP contribution in [0.15, 0.2) is 69.6 Å². The van der Waals surface area contributed by atoms with Crippen molar-refractivity contribution in [1.29, 1.82) is 0 Å². The number of fused-ring (bicyclic) bond motifs is 3. The fourth-order valence-electron chi connectivity index (χ4n) is 7.61. The molecule has 1 saturated heterocycles. The fraction of sp³-hybridized carbons (Fsp3) is 0.333. The number of ether oxygens (including phenoxy) is 2. The maximum Gasteiger partial charge on any atom is 0.302 e. The minimum atomic E-state index is -1.84. The lowest BCUT2D eigenvalue weighted by molar-refractivity contribution is -0.304. The molecule has 3 aliphatic heterocycles. The highest BCUT2D eigenvalue weighted by molar-refractivity contribution is 6.72. The summed E-state index contributed by atoms with van der Waals surface area (Å²) in [6, 6.07) is 14.7. The second-order valence-electron chi connectivity index (χ2n) is 13.3. The molecule has 3 aromatic carbocycles. The number of guanidine groups is 1. The number of benzene rings is 3. The van der Waals surface area contributed by atoms with Crippen LogP contribution in [-0.4, -0.2) is 103 Å². The van der Waals surface area contributed by atoms with Crippen LogP contribution in [0.2, 0.25) is 0 Å². The van der Waals surface area contributed by atoms with Crippen molar-refractivity contribution in [2.24, 2.45) is 20.7 Å². The summed E-state index contributed by atoms with van der Waals surface area (Å²) >= 11 is 0. The number of amidine groups is 1. The molecule has 0 aromatic heterocycles. The Hall–Kier alpha value is -5.32. The summed E-state index contributed by atoms with van der Waals surface area (Å²) in [5.41, 5.74) is 5.50. The Labute approximate surface area is 290 Å². The summed E-state index contributed by atoms with van der Waals surface area (Å²) in [5, 5.41) is 56.0. The van der Waals surface area contributed by atoms with E-state index in [-0.39, 0.29) is 77.0 Å². The van der Waals surface area contributed by atoms with E-state index in [1.165, 1.54) is 18.2 Å². The molecule has 0 bridgehead atoms. The summed E-state index contributed by atoms with van der Waals surface area (Å²) in [6.45, 7) is 0.0227. The number of carbonyl (C=O) groups excluding carboxylic acids is 3. The number of hydrogen-bond donors (Lipinski definition) is 6. The highest BCUT2D eigenvalue weighted by Gasteiger charge is 2.54. The number of carbonyl (C=O) groups is 3. The van der Waals surface area contributed by atoms with Crippen LogP contribution in [0, 0.1) is 0 Å². The molecule has 15 heteroatoms. The van der Waals surface area contributed by atoms with Gasteiger partial charge in [-0.05, 0) is 30.5 Å². The maximum absolute atomic E-state index is 13.8. The van der Waals surface area contributed by atoms with Gasteiger partial charge in [0.05, 0.1) is 11.2 Å². The third kappa shape index (κ3) is 5.24. The van der Waals surface area contributed by atoms with Gasteiger partial charge in [0.1, 0.15) is 31.1 Å².